The first-order valence-corrected chi connectivity index (χ1v) is 9.84. The number of anilines is 3. The molecule has 0 radical (unpaired) electrons. The van der Waals surface area contributed by atoms with Gasteiger partial charge in [0.1, 0.15) is 23.6 Å². The molecule has 3 aromatic rings. The maximum atomic E-state index is 12.7. The van der Waals surface area contributed by atoms with Crippen molar-refractivity contribution in [2.75, 3.05) is 35.8 Å². The highest BCUT2D eigenvalue weighted by molar-refractivity contribution is 7.22. The zero-order valence-corrected chi connectivity index (χ0v) is 17.0. The van der Waals surface area contributed by atoms with Crippen LogP contribution in [0.2, 0.25) is 0 Å². The Morgan fingerprint density at radius 1 is 1.27 bits per heavy atom. The number of hydrogen-bond acceptors (Lipinski definition) is 7. The Morgan fingerprint density at radius 3 is 2.83 bits per heavy atom. The number of benzene rings is 2. The number of rotatable bonds is 5. The smallest absolute Gasteiger partial charge is 0.265 e. The van der Waals surface area contributed by atoms with Gasteiger partial charge >= 0.3 is 0 Å². The number of para-hydroxylation sites is 2. The highest BCUT2D eigenvalue weighted by Crippen LogP contribution is 2.36. The van der Waals surface area contributed by atoms with E-state index in [4.69, 9.17) is 9.47 Å². The summed E-state index contributed by atoms with van der Waals surface area (Å²) in [6.07, 6.45) is 0. The van der Waals surface area contributed by atoms with Crippen LogP contribution in [0.15, 0.2) is 36.4 Å². The summed E-state index contributed by atoms with van der Waals surface area (Å²) in [7, 11) is 1.50. The zero-order chi connectivity index (χ0) is 21.3. The molecule has 10 heteroatoms. The van der Waals surface area contributed by atoms with Gasteiger partial charge in [-0.3, -0.25) is 19.3 Å². The second kappa shape index (κ2) is 7.99. The largest absolute Gasteiger partial charge is 0.494 e. The third-order valence-corrected chi connectivity index (χ3v) is 5.27. The van der Waals surface area contributed by atoms with E-state index in [0.29, 0.717) is 33.5 Å². The molecule has 0 saturated heterocycles. The van der Waals surface area contributed by atoms with Crippen LogP contribution in [-0.4, -0.2) is 43.0 Å². The molecule has 30 heavy (non-hydrogen) atoms. The van der Waals surface area contributed by atoms with E-state index in [0.717, 1.165) is 4.70 Å². The predicted octanol–water partition coefficient (Wildman–Crippen LogP) is 2.63. The van der Waals surface area contributed by atoms with E-state index >= 15 is 0 Å². The van der Waals surface area contributed by atoms with Crippen molar-refractivity contribution in [3.8, 4) is 11.5 Å². The molecule has 1 aliphatic rings. The summed E-state index contributed by atoms with van der Waals surface area (Å²) < 4.78 is 11.5. The molecule has 0 fully saturated rings. The molecule has 0 atom stereocenters. The molecule has 0 spiro atoms. The SMILES string of the molecule is COc1cc(NC(=O)CN2C(=O)COc3ccccc32)cc2sc(NC(C)=O)nc12. The lowest BCUT2D eigenvalue weighted by atomic mass is 10.2. The lowest BCUT2D eigenvalue weighted by Gasteiger charge is -2.28. The molecular formula is C20H18N4O5S. The Morgan fingerprint density at radius 2 is 2.07 bits per heavy atom. The standard InChI is InChI=1S/C20H18N4O5S/c1-11(25)21-20-23-19-15(28-2)7-12(8-16(19)30-20)22-17(26)9-24-13-5-3-4-6-14(13)29-10-18(24)27/h3-8H,9-10H2,1-2H3,(H,22,26)(H,21,23,25). The van der Waals surface area contributed by atoms with Gasteiger partial charge in [0, 0.05) is 18.7 Å². The summed E-state index contributed by atoms with van der Waals surface area (Å²) in [5.74, 6) is 0.135. The van der Waals surface area contributed by atoms with Gasteiger partial charge in [0.15, 0.2) is 11.7 Å². The number of carbonyl (C=O) groups excluding carboxylic acids is 3. The number of thiazole rings is 1. The molecule has 3 amide bonds. The quantitative estimate of drug-likeness (QED) is 0.649. The van der Waals surface area contributed by atoms with Crippen LogP contribution in [0, 0.1) is 0 Å². The van der Waals surface area contributed by atoms with E-state index < -0.39 is 0 Å². The lowest BCUT2D eigenvalue weighted by molar-refractivity contribution is -0.123. The third-order valence-electron chi connectivity index (χ3n) is 4.36. The topological polar surface area (TPSA) is 110 Å². The van der Waals surface area contributed by atoms with Crippen LogP contribution in [0.25, 0.3) is 10.2 Å². The normalized spacial score (nSPS) is 12.9. The van der Waals surface area contributed by atoms with Crippen molar-refractivity contribution in [2.45, 2.75) is 6.92 Å². The van der Waals surface area contributed by atoms with Gasteiger partial charge in [-0.1, -0.05) is 23.5 Å². The minimum atomic E-state index is -0.368. The summed E-state index contributed by atoms with van der Waals surface area (Å²) in [6.45, 7) is 1.14. The van der Waals surface area contributed by atoms with Gasteiger partial charge in [0.25, 0.3) is 5.91 Å². The summed E-state index contributed by atoms with van der Waals surface area (Å²) in [5.41, 5.74) is 1.64. The van der Waals surface area contributed by atoms with E-state index in [1.54, 1.807) is 36.4 Å². The Labute approximate surface area is 175 Å². The van der Waals surface area contributed by atoms with Crippen LogP contribution in [0.5, 0.6) is 11.5 Å². The van der Waals surface area contributed by atoms with E-state index in [2.05, 4.69) is 15.6 Å². The molecule has 9 nitrogen and oxygen atoms in total. The maximum Gasteiger partial charge on any atom is 0.265 e. The number of fused-ring (bicyclic) bond motifs is 2. The minimum absolute atomic E-state index is 0.114. The van der Waals surface area contributed by atoms with Crippen molar-refractivity contribution in [1.82, 2.24) is 4.98 Å². The Hall–Kier alpha value is -3.66. The van der Waals surface area contributed by atoms with E-state index in [-0.39, 0.29) is 30.9 Å². The molecule has 2 heterocycles. The van der Waals surface area contributed by atoms with Crippen molar-refractivity contribution >= 4 is 55.8 Å². The van der Waals surface area contributed by atoms with Crippen LogP contribution in [0.1, 0.15) is 6.92 Å². The van der Waals surface area contributed by atoms with Gasteiger partial charge in [-0.05, 0) is 18.2 Å². The highest BCUT2D eigenvalue weighted by Gasteiger charge is 2.27. The van der Waals surface area contributed by atoms with E-state index in [1.807, 2.05) is 0 Å². The minimum Gasteiger partial charge on any atom is -0.494 e. The average Bonchev–Trinajstić information content (AvgIpc) is 3.11. The molecule has 0 unspecified atom stereocenters. The van der Waals surface area contributed by atoms with Gasteiger partial charge in [-0.25, -0.2) is 4.98 Å². The first-order valence-electron chi connectivity index (χ1n) is 9.03. The summed E-state index contributed by atoms with van der Waals surface area (Å²) >= 11 is 1.27. The van der Waals surface area contributed by atoms with Gasteiger partial charge in [0.2, 0.25) is 11.8 Å². The lowest BCUT2D eigenvalue weighted by Crippen LogP contribution is -2.43. The number of carbonyl (C=O) groups is 3. The number of ether oxygens (including phenoxy) is 2. The molecule has 2 aromatic carbocycles. The Balaban J connectivity index is 1.56. The van der Waals surface area contributed by atoms with E-state index in [1.165, 1.54) is 30.3 Å². The molecule has 1 aromatic heterocycles. The van der Waals surface area contributed by atoms with E-state index in [9.17, 15) is 14.4 Å². The van der Waals surface area contributed by atoms with Crippen molar-refractivity contribution in [3.63, 3.8) is 0 Å². The van der Waals surface area contributed by atoms with Gasteiger partial charge in [-0.2, -0.15) is 0 Å². The van der Waals surface area contributed by atoms with Crippen molar-refractivity contribution < 1.29 is 23.9 Å². The average molecular weight is 426 g/mol. The molecule has 154 valence electrons. The summed E-state index contributed by atoms with van der Waals surface area (Å²) in [6, 6.07) is 10.5. The Bertz CT molecular complexity index is 1160. The summed E-state index contributed by atoms with van der Waals surface area (Å²) in [5, 5.41) is 5.88. The van der Waals surface area contributed by atoms with Gasteiger partial charge < -0.3 is 20.1 Å². The molecule has 4 rings (SSSR count). The van der Waals surface area contributed by atoms with Crippen LogP contribution < -0.4 is 25.0 Å². The molecule has 0 aliphatic carbocycles. The van der Waals surface area contributed by atoms with Crippen molar-refractivity contribution in [1.29, 1.82) is 0 Å². The third kappa shape index (κ3) is 3.90. The molecule has 2 N–H and O–H groups in total. The number of methoxy groups -OCH3 is 1. The molecule has 0 bridgehead atoms. The maximum absolute atomic E-state index is 12.7. The van der Waals surface area contributed by atoms with Crippen LogP contribution in [-0.2, 0) is 14.4 Å². The van der Waals surface area contributed by atoms with Crippen LogP contribution >= 0.6 is 11.3 Å². The molecule has 0 saturated carbocycles. The Kier molecular flexibility index (Phi) is 5.23. The predicted molar refractivity (Wildman–Crippen MR) is 113 cm³/mol. The van der Waals surface area contributed by atoms with Crippen LogP contribution in [0.3, 0.4) is 0 Å². The fraction of sp³-hybridized carbons (Fsp3) is 0.200. The number of nitrogens with zero attached hydrogens (tertiary/aromatic N) is 2. The first kappa shape index (κ1) is 19.6. The monoisotopic (exact) mass is 426 g/mol. The van der Waals surface area contributed by atoms with Crippen LogP contribution in [0.4, 0.5) is 16.5 Å². The van der Waals surface area contributed by atoms with Gasteiger partial charge in [-0.15, -0.1) is 0 Å². The second-order valence-corrected chi connectivity index (χ2v) is 7.54. The number of amides is 3. The zero-order valence-electron chi connectivity index (χ0n) is 16.2. The number of nitrogens with one attached hydrogen (secondary N) is 2. The molecule has 1 aliphatic heterocycles. The van der Waals surface area contributed by atoms with Crippen molar-refractivity contribution in [3.05, 3.63) is 36.4 Å². The molecular weight excluding hydrogens is 408 g/mol. The fourth-order valence-electron chi connectivity index (χ4n) is 3.10. The van der Waals surface area contributed by atoms with Gasteiger partial charge in [0.05, 0.1) is 17.5 Å². The number of hydrogen-bond donors (Lipinski definition) is 2. The fourth-order valence-corrected chi connectivity index (χ4v) is 4.07. The highest BCUT2D eigenvalue weighted by atomic mass is 32.1. The summed E-state index contributed by atoms with van der Waals surface area (Å²) in [4.78, 5) is 42.0. The van der Waals surface area contributed by atoms with Crippen molar-refractivity contribution in [2.24, 2.45) is 0 Å². The second-order valence-electron chi connectivity index (χ2n) is 6.51. The number of aromatic nitrogens is 1. The first-order chi connectivity index (χ1) is 14.4.